The van der Waals surface area contributed by atoms with E-state index in [0.29, 0.717) is 25.0 Å². The predicted molar refractivity (Wildman–Crippen MR) is 253 cm³/mol. The van der Waals surface area contributed by atoms with Gasteiger partial charge in [0.05, 0.1) is 13.2 Å². The number of fused-ring (bicyclic) bond motifs is 2. The average Bonchev–Trinajstić information content (AvgIpc) is 3.99. The molecule has 6 nitrogen and oxygen atoms in total. The summed E-state index contributed by atoms with van der Waals surface area (Å²) in [6, 6.07) is 70.6. The van der Waals surface area contributed by atoms with Crippen molar-refractivity contribution in [3.8, 4) is 0 Å². The zero-order valence-electron chi connectivity index (χ0n) is 35.5. The Morgan fingerprint density at radius 1 is 0.413 bits per heavy atom. The number of aliphatic imine (C=N–C) groups is 2. The Hall–Kier alpha value is -6.86. The molecule has 8 aromatic rings. The summed E-state index contributed by atoms with van der Waals surface area (Å²) < 4.78 is 28.0. The Bertz CT molecular complexity index is 2580. The first-order chi connectivity index (χ1) is 31.0. The Balaban J connectivity index is 1.00. The van der Waals surface area contributed by atoms with Gasteiger partial charge in [0.15, 0.2) is 11.8 Å². The fraction of sp³-hybridized carbons (Fsp3) is 0.193. The molecule has 0 saturated heterocycles. The summed E-state index contributed by atoms with van der Waals surface area (Å²) in [7, 11) is 0. The summed E-state index contributed by atoms with van der Waals surface area (Å²) in [6.07, 6.45) is -1.43. The summed E-state index contributed by atoms with van der Waals surface area (Å²) >= 11 is 0. The fourth-order valence-electron chi connectivity index (χ4n) is 9.07. The lowest BCUT2D eigenvalue weighted by Gasteiger charge is -2.28. The molecule has 0 radical (unpaired) electrons. The number of hydrogen-bond donors (Lipinski definition) is 0. The molecule has 0 unspecified atom stereocenters. The van der Waals surface area contributed by atoms with Gasteiger partial charge < -0.3 is 18.9 Å². The van der Waals surface area contributed by atoms with Crippen molar-refractivity contribution in [2.24, 2.45) is 15.4 Å². The largest absolute Gasteiger partial charge is 0.472 e. The van der Waals surface area contributed by atoms with E-state index in [4.69, 9.17) is 28.9 Å². The summed E-state index contributed by atoms with van der Waals surface area (Å²) in [5.74, 6) is 1.13. The highest BCUT2D eigenvalue weighted by atomic mass is 16.6. The van der Waals surface area contributed by atoms with Crippen molar-refractivity contribution in [2.75, 3.05) is 13.2 Å². The van der Waals surface area contributed by atoms with E-state index in [1.807, 2.05) is 24.3 Å². The topological polar surface area (TPSA) is 61.6 Å². The van der Waals surface area contributed by atoms with Gasteiger partial charge in [0.2, 0.25) is 0 Å². The van der Waals surface area contributed by atoms with E-state index in [0.717, 1.165) is 54.9 Å². The van der Waals surface area contributed by atoms with Crippen molar-refractivity contribution >= 4 is 33.3 Å². The Morgan fingerprint density at radius 2 is 0.730 bits per heavy atom. The molecule has 8 aromatic carbocycles. The van der Waals surface area contributed by atoms with Crippen LogP contribution in [0.25, 0.3) is 21.5 Å². The zero-order chi connectivity index (χ0) is 42.6. The molecule has 6 heteroatoms. The van der Waals surface area contributed by atoms with Gasteiger partial charge in [-0.3, -0.25) is 0 Å². The number of rotatable bonds is 14. The predicted octanol–water partition coefficient (Wildman–Crippen LogP) is 13.0. The van der Waals surface area contributed by atoms with E-state index in [2.05, 4.69) is 196 Å². The first-order valence-electron chi connectivity index (χ1n) is 21.9. The standard InChI is InChI=1S/C57H50N2O4/c1-57(2,55-58-51(47-35-19-31-39-21-15-17-33-45(39)47)49(62-55)37-60-53(41-23-7-3-8-24-41)42-25-9-4-10-26-42)56-59-52(48-36-20-32-40-22-16-18-34-46(40)48)50(63-56)38-61-54(43-27-11-5-12-28-43)44-29-13-6-14-30-44/h3-36,49-54H,37-38H2,1-2H3/t49-,50-,51-,52-/m1/s1. The van der Waals surface area contributed by atoms with Crippen LogP contribution in [0.3, 0.4) is 0 Å². The van der Waals surface area contributed by atoms with Crippen molar-refractivity contribution in [1.29, 1.82) is 0 Å². The van der Waals surface area contributed by atoms with E-state index < -0.39 is 17.6 Å². The number of benzene rings is 8. The molecule has 2 aliphatic rings. The summed E-state index contributed by atoms with van der Waals surface area (Å²) in [6.45, 7) is 4.80. The number of hydrogen-bond acceptors (Lipinski definition) is 6. The Morgan fingerprint density at radius 3 is 1.10 bits per heavy atom. The van der Waals surface area contributed by atoms with Gasteiger partial charge in [-0.1, -0.05) is 206 Å². The summed E-state index contributed by atoms with van der Waals surface area (Å²) in [5.41, 5.74) is 5.64. The second-order valence-corrected chi connectivity index (χ2v) is 16.9. The molecule has 312 valence electrons. The van der Waals surface area contributed by atoms with Crippen molar-refractivity contribution in [1.82, 2.24) is 0 Å². The van der Waals surface area contributed by atoms with Crippen LogP contribution in [0.5, 0.6) is 0 Å². The van der Waals surface area contributed by atoms with Crippen LogP contribution in [-0.4, -0.2) is 37.2 Å². The van der Waals surface area contributed by atoms with Gasteiger partial charge in [-0.25, -0.2) is 9.98 Å². The Labute approximate surface area is 369 Å². The minimum absolute atomic E-state index is 0.290. The van der Waals surface area contributed by atoms with Crippen LogP contribution >= 0.6 is 0 Å². The third kappa shape index (κ3) is 8.28. The highest BCUT2D eigenvalue weighted by Crippen LogP contribution is 2.44. The lowest BCUT2D eigenvalue weighted by atomic mass is 9.92. The zero-order valence-corrected chi connectivity index (χ0v) is 35.5. The minimum Gasteiger partial charge on any atom is -0.472 e. The average molecular weight is 827 g/mol. The van der Waals surface area contributed by atoms with E-state index >= 15 is 0 Å². The molecule has 0 N–H and O–H groups in total. The van der Waals surface area contributed by atoms with Crippen LogP contribution in [0.15, 0.2) is 216 Å². The Kier molecular flexibility index (Phi) is 11.4. The van der Waals surface area contributed by atoms with Gasteiger partial charge in [0, 0.05) is 0 Å². The van der Waals surface area contributed by atoms with Gasteiger partial charge in [-0.15, -0.1) is 0 Å². The summed E-state index contributed by atoms with van der Waals surface area (Å²) in [5, 5.41) is 4.58. The third-order valence-corrected chi connectivity index (χ3v) is 12.4. The van der Waals surface area contributed by atoms with Gasteiger partial charge in [0.25, 0.3) is 0 Å². The van der Waals surface area contributed by atoms with Crippen molar-refractivity contribution in [3.05, 3.63) is 240 Å². The number of ether oxygens (including phenoxy) is 4. The van der Waals surface area contributed by atoms with Crippen LogP contribution in [0, 0.1) is 5.41 Å². The highest BCUT2D eigenvalue weighted by Gasteiger charge is 2.48. The second kappa shape index (κ2) is 17.9. The molecule has 63 heavy (non-hydrogen) atoms. The maximum Gasteiger partial charge on any atom is 0.199 e. The molecule has 4 atom stereocenters. The SMILES string of the molecule is CC(C)(C1=N[C@H](c2cccc3ccccc23)[C@@H](COC(c2ccccc2)c2ccccc2)O1)C1=N[C@H](c2cccc3ccccc23)[C@@H](COC(c2ccccc2)c2ccccc2)O1. The van der Waals surface area contributed by atoms with Gasteiger partial charge >= 0.3 is 0 Å². The first kappa shape index (κ1) is 40.2. The molecule has 10 rings (SSSR count). The lowest BCUT2D eigenvalue weighted by Crippen LogP contribution is -2.37. The normalized spacial score (nSPS) is 18.7. The molecule has 0 spiro atoms. The number of nitrogens with zero attached hydrogens (tertiary/aromatic N) is 2. The lowest BCUT2D eigenvalue weighted by molar-refractivity contribution is 0.00523. The van der Waals surface area contributed by atoms with Crippen molar-refractivity contribution in [3.63, 3.8) is 0 Å². The first-order valence-corrected chi connectivity index (χ1v) is 21.9. The molecule has 0 fully saturated rings. The van der Waals surface area contributed by atoms with Crippen LogP contribution in [0.4, 0.5) is 0 Å². The smallest absolute Gasteiger partial charge is 0.199 e. The van der Waals surface area contributed by atoms with Crippen LogP contribution in [0.1, 0.15) is 71.5 Å². The van der Waals surface area contributed by atoms with E-state index in [1.54, 1.807) is 0 Å². The third-order valence-electron chi connectivity index (χ3n) is 12.4. The molecule has 2 heterocycles. The molecule has 0 saturated carbocycles. The van der Waals surface area contributed by atoms with Crippen molar-refractivity contribution in [2.45, 2.75) is 50.3 Å². The molecule has 0 aliphatic carbocycles. The van der Waals surface area contributed by atoms with Gasteiger partial charge in [-0.2, -0.15) is 0 Å². The van der Waals surface area contributed by atoms with Gasteiger partial charge in [-0.05, 0) is 68.8 Å². The monoisotopic (exact) mass is 826 g/mol. The van der Waals surface area contributed by atoms with E-state index in [9.17, 15) is 0 Å². The highest BCUT2D eigenvalue weighted by molar-refractivity contribution is 6.06. The van der Waals surface area contributed by atoms with Crippen LogP contribution in [-0.2, 0) is 18.9 Å². The molecule has 2 aliphatic heterocycles. The maximum atomic E-state index is 7.07. The fourth-order valence-corrected chi connectivity index (χ4v) is 9.07. The van der Waals surface area contributed by atoms with Crippen LogP contribution < -0.4 is 0 Å². The molecular formula is C57H50N2O4. The van der Waals surface area contributed by atoms with E-state index in [1.165, 1.54) is 0 Å². The molecule has 0 amide bonds. The summed E-state index contributed by atoms with van der Waals surface area (Å²) in [4.78, 5) is 11.0. The molecule has 0 bridgehead atoms. The minimum atomic E-state index is -0.842. The van der Waals surface area contributed by atoms with Crippen LogP contribution in [0.2, 0.25) is 0 Å². The van der Waals surface area contributed by atoms with Gasteiger partial charge in [0.1, 0.15) is 41.9 Å². The molecular weight excluding hydrogens is 777 g/mol. The van der Waals surface area contributed by atoms with Crippen molar-refractivity contribution < 1.29 is 18.9 Å². The maximum absolute atomic E-state index is 7.07. The second-order valence-electron chi connectivity index (χ2n) is 16.9. The van der Waals surface area contributed by atoms with E-state index in [-0.39, 0.29) is 24.3 Å². The quantitative estimate of drug-likeness (QED) is 0.110. The molecule has 0 aromatic heterocycles.